The quantitative estimate of drug-likeness (QED) is 0.612. The van der Waals surface area contributed by atoms with Gasteiger partial charge in [0.15, 0.2) is 0 Å². The fourth-order valence-electron chi connectivity index (χ4n) is 2.45. The lowest BCUT2D eigenvalue weighted by molar-refractivity contribution is -0.384. The molecule has 1 unspecified atom stereocenters. The molecule has 0 saturated heterocycles. The van der Waals surface area contributed by atoms with Gasteiger partial charge >= 0.3 is 0 Å². The van der Waals surface area contributed by atoms with E-state index in [0.29, 0.717) is 5.75 Å². The van der Waals surface area contributed by atoms with E-state index >= 15 is 0 Å². The topological polar surface area (TPSA) is 55.6 Å². The van der Waals surface area contributed by atoms with Gasteiger partial charge in [-0.25, -0.2) is 0 Å². The summed E-state index contributed by atoms with van der Waals surface area (Å²) in [7, 11) is 0. The Balaban J connectivity index is 2.00. The van der Waals surface area contributed by atoms with Gasteiger partial charge in [0, 0.05) is 30.4 Å². The molecule has 5 heteroatoms. The van der Waals surface area contributed by atoms with Crippen LogP contribution in [-0.2, 0) is 0 Å². The summed E-state index contributed by atoms with van der Waals surface area (Å²) in [6.07, 6.45) is 11.6. The minimum absolute atomic E-state index is 0.0689. The predicted molar refractivity (Wildman–Crippen MR) is 76.1 cm³/mol. The van der Waals surface area contributed by atoms with E-state index in [1.165, 1.54) is 12.1 Å². The summed E-state index contributed by atoms with van der Waals surface area (Å²) in [5.41, 5.74) is 0.162. The molecule has 1 spiro atoms. The van der Waals surface area contributed by atoms with Crippen molar-refractivity contribution in [2.75, 3.05) is 6.54 Å². The summed E-state index contributed by atoms with van der Waals surface area (Å²) >= 11 is 0. The highest BCUT2D eigenvalue weighted by Crippen LogP contribution is 2.36. The molecule has 0 bridgehead atoms. The minimum Gasteiger partial charge on any atom is -0.460 e. The Morgan fingerprint density at radius 1 is 1.35 bits per heavy atom. The monoisotopic (exact) mass is 270 g/mol. The second-order valence-corrected chi connectivity index (χ2v) is 4.65. The Morgan fingerprint density at radius 2 is 2.20 bits per heavy atom. The Bertz CT molecular complexity index is 649. The zero-order valence-corrected chi connectivity index (χ0v) is 11.0. The number of ether oxygens (including phenoxy) is 1. The number of hydrogen-bond acceptors (Lipinski definition) is 4. The van der Waals surface area contributed by atoms with Crippen molar-refractivity contribution in [2.24, 2.45) is 0 Å². The van der Waals surface area contributed by atoms with Crippen molar-refractivity contribution >= 4 is 11.8 Å². The lowest BCUT2D eigenvalue weighted by Gasteiger charge is -2.42. The van der Waals surface area contributed by atoms with Crippen molar-refractivity contribution < 1.29 is 9.66 Å². The molecular weight excluding hydrogens is 256 g/mol. The van der Waals surface area contributed by atoms with Crippen molar-refractivity contribution in [3.63, 3.8) is 0 Å². The van der Waals surface area contributed by atoms with Crippen LogP contribution < -0.4 is 4.74 Å². The first-order valence-corrected chi connectivity index (χ1v) is 6.44. The molecule has 1 aromatic rings. The van der Waals surface area contributed by atoms with E-state index in [-0.39, 0.29) is 5.69 Å². The van der Waals surface area contributed by atoms with Crippen molar-refractivity contribution in [3.05, 3.63) is 64.4 Å². The molecule has 0 aliphatic carbocycles. The number of allylic oxidation sites excluding steroid dienone is 2. The Labute approximate surface area is 116 Å². The number of nitrogens with zero attached hydrogens (tertiary/aromatic N) is 2. The van der Waals surface area contributed by atoms with Gasteiger partial charge in [-0.05, 0) is 37.3 Å². The van der Waals surface area contributed by atoms with E-state index < -0.39 is 10.6 Å². The third kappa shape index (κ3) is 1.87. The number of nitro benzene ring substituents is 1. The molecule has 0 fully saturated rings. The zero-order valence-electron chi connectivity index (χ0n) is 11.0. The fraction of sp³-hybridized carbons (Fsp3) is 0.200. The first-order chi connectivity index (χ1) is 9.64. The van der Waals surface area contributed by atoms with E-state index in [2.05, 4.69) is 4.90 Å². The van der Waals surface area contributed by atoms with Gasteiger partial charge in [0.05, 0.1) is 4.92 Å². The number of non-ortho nitro benzene ring substituents is 1. The van der Waals surface area contributed by atoms with Crippen LogP contribution in [0.2, 0.25) is 0 Å². The average Bonchev–Trinajstić information content (AvgIpc) is 2.47. The zero-order chi connectivity index (χ0) is 14.2. The number of benzene rings is 1. The first-order valence-electron chi connectivity index (χ1n) is 6.44. The van der Waals surface area contributed by atoms with Crippen LogP contribution >= 0.6 is 0 Å². The van der Waals surface area contributed by atoms with E-state index in [0.717, 1.165) is 12.1 Å². The van der Waals surface area contributed by atoms with Gasteiger partial charge in [0.1, 0.15) is 5.75 Å². The largest absolute Gasteiger partial charge is 0.460 e. The SMILES string of the molecule is CCN1C=CC=CC12C=Cc1cc([N+](=O)[O-])ccc1O2. The number of hydrogen-bond donors (Lipinski definition) is 0. The second-order valence-electron chi connectivity index (χ2n) is 4.65. The summed E-state index contributed by atoms with van der Waals surface area (Å²) in [5, 5.41) is 10.8. The van der Waals surface area contributed by atoms with Crippen molar-refractivity contribution in [3.8, 4) is 5.75 Å². The molecule has 1 atom stereocenters. The van der Waals surface area contributed by atoms with E-state index in [1.54, 1.807) is 6.07 Å². The highest BCUT2D eigenvalue weighted by Gasteiger charge is 2.35. The molecule has 2 aliphatic rings. The van der Waals surface area contributed by atoms with Gasteiger partial charge < -0.3 is 9.64 Å². The van der Waals surface area contributed by atoms with Crippen LogP contribution in [0, 0.1) is 10.1 Å². The third-order valence-electron chi connectivity index (χ3n) is 3.48. The summed E-state index contributed by atoms with van der Waals surface area (Å²) in [6, 6.07) is 4.64. The van der Waals surface area contributed by atoms with E-state index in [4.69, 9.17) is 4.74 Å². The summed E-state index contributed by atoms with van der Waals surface area (Å²) in [4.78, 5) is 12.5. The highest BCUT2D eigenvalue weighted by atomic mass is 16.6. The van der Waals surface area contributed by atoms with Gasteiger partial charge in [-0.2, -0.15) is 0 Å². The van der Waals surface area contributed by atoms with Crippen LogP contribution in [0.1, 0.15) is 12.5 Å². The van der Waals surface area contributed by atoms with Crippen LogP contribution in [0.15, 0.2) is 48.7 Å². The number of fused-ring (bicyclic) bond motifs is 1. The Kier molecular flexibility index (Phi) is 2.82. The average molecular weight is 270 g/mol. The molecule has 0 saturated carbocycles. The molecule has 0 aromatic heterocycles. The Morgan fingerprint density at radius 3 is 2.95 bits per heavy atom. The predicted octanol–water partition coefficient (Wildman–Crippen LogP) is 3.10. The van der Waals surface area contributed by atoms with Crippen LogP contribution in [0.5, 0.6) is 5.75 Å². The highest BCUT2D eigenvalue weighted by molar-refractivity contribution is 5.65. The van der Waals surface area contributed by atoms with Gasteiger partial charge in [-0.1, -0.05) is 6.08 Å². The molecule has 0 amide bonds. The fourth-order valence-corrected chi connectivity index (χ4v) is 2.45. The van der Waals surface area contributed by atoms with E-state index in [1.807, 2.05) is 43.5 Å². The molecule has 5 nitrogen and oxygen atoms in total. The third-order valence-corrected chi connectivity index (χ3v) is 3.48. The molecule has 0 N–H and O–H groups in total. The normalized spacial score (nSPS) is 22.8. The molecule has 1 aromatic carbocycles. The van der Waals surface area contributed by atoms with Crippen molar-refractivity contribution in [2.45, 2.75) is 12.6 Å². The molecule has 2 aliphatic heterocycles. The maximum atomic E-state index is 10.8. The molecule has 20 heavy (non-hydrogen) atoms. The first kappa shape index (κ1) is 12.5. The lowest BCUT2D eigenvalue weighted by atomic mass is 10.0. The van der Waals surface area contributed by atoms with Crippen LogP contribution in [0.3, 0.4) is 0 Å². The Hall–Kier alpha value is -2.56. The van der Waals surface area contributed by atoms with Gasteiger partial charge in [-0.15, -0.1) is 0 Å². The second kappa shape index (κ2) is 4.52. The molecule has 2 heterocycles. The molecule has 102 valence electrons. The maximum Gasteiger partial charge on any atom is 0.270 e. The molecule has 0 radical (unpaired) electrons. The number of nitro groups is 1. The van der Waals surface area contributed by atoms with Crippen LogP contribution in [0.4, 0.5) is 5.69 Å². The molecule has 3 rings (SSSR count). The summed E-state index contributed by atoms with van der Waals surface area (Å²) in [5.74, 6) is 0.650. The van der Waals surface area contributed by atoms with Gasteiger partial charge in [-0.3, -0.25) is 10.1 Å². The van der Waals surface area contributed by atoms with Crippen LogP contribution in [0.25, 0.3) is 6.08 Å². The molecular formula is C15H14N2O3. The standard InChI is InChI=1S/C15H14N2O3/c1-2-16-10-4-3-8-15(16)9-7-12-11-13(17(18)19)5-6-14(12)20-15/h3-11H,2H2,1H3. The maximum absolute atomic E-state index is 10.8. The lowest BCUT2D eigenvalue weighted by Crippen LogP contribution is -2.49. The van der Waals surface area contributed by atoms with Crippen molar-refractivity contribution in [1.29, 1.82) is 0 Å². The number of rotatable bonds is 2. The minimum atomic E-state index is -0.632. The van der Waals surface area contributed by atoms with E-state index in [9.17, 15) is 10.1 Å². The van der Waals surface area contributed by atoms with Gasteiger partial charge in [0.2, 0.25) is 5.72 Å². The van der Waals surface area contributed by atoms with Crippen molar-refractivity contribution in [1.82, 2.24) is 4.90 Å². The van der Waals surface area contributed by atoms with Gasteiger partial charge in [0.25, 0.3) is 5.69 Å². The summed E-state index contributed by atoms with van der Waals surface area (Å²) in [6.45, 7) is 2.85. The van der Waals surface area contributed by atoms with Crippen LogP contribution in [-0.4, -0.2) is 22.1 Å². The number of likely N-dealkylation sites (N-methyl/N-ethyl adjacent to an activating group) is 1. The summed E-state index contributed by atoms with van der Waals surface area (Å²) < 4.78 is 6.08. The smallest absolute Gasteiger partial charge is 0.270 e.